The van der Waals surface area contributed by atoms with Crippen LogP contribution in [0, 0.1) is 0 Å². The molecule has 0 radical (unpaired) electrons. The lowest BCUT2D eigenvalue weighted by molar-refractivity contribution is -0.0980. The maximum Gasteiger partial charge on any atom is 0.226 e. The molecular formula is C15H18N6O4. The van der Waals surface area contributed by atoms with Gasteiger partial charge in [-0.05, 0) is 24.3 Å². The number of carbonyl (C=O) groups excluding carboxylic acids is 2. The van der Waals surface area contributed by atoms with Gasteiger partial charge in [0.2, 0.25) is 17.8 Å². The van der Waals surface area contributed by atoms with E-state index in [4.69, 9.17) is 27.1 Å². The molecule has 3 rings (SSSR count). The Morgan fingerprint density at radius 3 is 1.60 bits per heavy atom. The van der Waals surface area contributed by atoms with Gasteiger partial charge in [0.1, 0.15) is 12.5 Å². The van der Waals surface area contributed by atoms with E-state index in [-0.39, 0.29) is 17.8 Å². The number of phenolic OH excluding ortho intramolecular Hbond substituents is 1. The molecule has 0 bridgehead atoms. The number of aromatic nitrogens is 3. The number of carbonyl (C=O) groups is 2. The minimum Gasteiger partial charge on any atom is -0.508 e. The summed E-state index contributed by atoms with van der Waals surface area (Å²) in [5, 5.41) is 8.63. The van der Waals surface area contributed by atoms with E-state index in [9.17, 15) is 4.79 Å². The van der Waals surface area contributed by atoms with E-state index in [1.54, 1.807) is 36.4 Å². The lowest BCUT2D eigenvalue weighted by atomic mass is 10.3. The Morgan fingerprint density at radius 1 is 0.880 bits per heavy atom. The van der Waals surface area contributed by atoms with Crippen LogP contribution in [-0.2, 0) is 4.79 Å². The van der Waals surface area contributed by atoms with Crippen molar-refractivity contribution in [1.82, 2.24) is 15.0 Å². The Morgan fingerprint density at radius 2 is 1.36 bits per heavy atom. The zero-order valence-corrected chi connectivity index (χ0v) is 13.1. The third-order valence-electron chi connectivity index (χ3n) is 2.10. The summed E-state index contributed by atoms with van der Waals surface area (Å²) in [7, 11) is 0. The van der Waals surface area contributed by atoms with Crippen LogP contribution in [0.15, 0.2) is 53.1 Å². The fourth-order valence-electron chi connectivity index (χ4n) is 1.21. The van der Waals surface area contributed by atoms with Crippen LogP contribution in [0.3, 0.4) is 0 Å². The van der Waals surface area contributed by atoms with Crippen molar-refractivity contribution in [2.24, 2.45) is 0 Å². The number of nitrogens with two attached hydrogens (primary N) is 3. The van der Waals surface area contributed by atoms with Crippen molar-refractivity contribution in [3.05, 3.63) is 54.5 Å². The molecule has 2 heterocycles. The van der Waals surface area contributed by atoms with E-state index in [2.05, 4.69) is 19.4 Å². The highest BCUT2D eigenvalue weighted by Crippen LogP contribution is 2.02. The van der Waals surface area contributed by atoms with Gasteiger partial charge in [-0.1, -0.05) is 18.2 Å². The second kappa shape index (κ2) is 12.6. The lowest BCUT2D eigenvalue weighted by Crippen LogP contribution is -2.05. The molecule has 0 unspecified atom stereocenters. The number of furan rings is 1. The Bertz CT molecular complexity index is 672. The first-order chi connectivity index (χ1) is 12.0. The summed E-state index contributed by atoms with van der Waals surface area (Å²) in [6, 6.07) is 12.0. The van der Waals surface area contributed by atoms with E-state index in [1.807, 2.05) is 12.9 Å². The SMILES string of the molecule is C=O.Nc1nc(N)nc(N)n1.O=Cc1ccco1.Oc1ccccc1. The van der Waals surface area contributed by atoms with Gasteiger partial charge in [0, 0.05) is 0 Å². The van der Waals surface area contributed by atoms with Gasteiger partial charge in [0.05, 0.1) is 6.26 Å². The number of benzene rings is 1. The molecule has 0 aliphatic heterocycles. The van der Waals surface area contributed by atoms with Gasteiger partial charge in [-0.3, -0.25) is 4.79 Å². The standard InChI is InChI=1S/C6H6O.C5H4O2.C3H6N6.CH2O/c7-6-4-2-1-3-5-6;6-4-5-2-1-3-7-5;4-1-7-2(5)9-3(6)8-1;1-2/h1-5,7H;1-4H;(H6,4,5,6,7,8,9);1H2. The van der Waals surface area contributed by atoms with Crippen LogP contribution in [0.4, 0.5) is 17.8 Å². The van der Waals surface area contributed by atoms with E-state index >= 15 is 0 Å². The normalized spacial score (nSPS) is 8.32. The van der Waals surface area contributed by atoms with Gasteiger partial charge >= 0.3 is 0 Å². The first-order valence-corrected chi connectivity index (χ1v) is 6.55. The fourth-order valence-corrected chi connectivity index (χ4v) is 1.21. The largest absolute Gasteiger partial charge is 0.508 e. The third-order valence-corrected chi connectivity index (χ3v) is 2.10. The van der Waals surface area contributed by atoms with E-state index in [0.29, 0.717) is 17.8 Å². The minimum absolute atomic E-state index is 0.0417. The number of aromatic hydroxyl groups is 1. The average Bonchev–Trinajstić information content (AvgIpc) is 3.11. The van der Waals surface area contributed by atoms with Crippen LogP contribution in [-0.4, -0.2) is 33.1 Å². The molecule has 0 saturated heterocycles. The zero-order chi connectivity index (χ0) is 19.1. The molecule has 0 saturated carbocycles. The number of hydrogen-bond acceptors (Lipinski definition) is 10. The van der Waals surface area contributed by atoms with Gasteiger partial charge in [0.15, 0.2) is 12.0 Å². The van der Waals surface area contributed by atoms with Crippen LogP contribution in [0.5, 0.6) is 5.75 Å². The number of hydrogen-bond donors (Lipinski definition) is 4. The van der Waals surface area contributed by atoms with Crippen LogP contribution in [0.1, 0.15) is 10.6 Å². The number of aldehydes is 1. The van der Waals surface area contributed by atoms with Gasteiger partial charge in [0.25, 0.3) is 0 Å². The quantitative estimate of drug-likeness (QED) is 0.462. The van der Waals surface area contributed by atoms with Crippen molar-refractivity contribution in [3.63, 3.8) is 0 Å². The smallest absolute Gasteiger partial charge is 0.226 e. The van der Waals surface area contributed by atoms with E-state index < -0.39 is 0 Å². The molecular weight excluding hydrogens is 328 g/mol. The number of rotatable bonds is 1. The summed E-state index contributed by atoms with van der Waals surface area (Å²) >= 11 is 0. The molecule has 10 heteroatoms. The summed E-state index contributed by atoms with van der Waals surface area (Å²) in [6.07, 6.45) is 2.13. The zero-order valence-electron chi connectivity index (χ0n) is 13.1. The average molecular weight is 346 g/mol. The first-order valence-electron chi connectivity index (χ1n) is 6.55. The van der Waals surface area contributed by atoms with Crippen LogP contribution >= 0.6 is 0 Å². The monoisotopic (exact) mass is 346 g/mol. The molecule has 0 aliphatic carbocycles. The molecule has 3 aromatic rings. The third kappa shape index (κ3) is 10.4. The van der Waals surface area contributed by atoms with E-state index in [0.717, 1.165) is 0 Å². The van der Waals surface area contributed by atoms with Gasteiger partial charge < -0.3 is 31.5 Å². The summed E-state index contributed by atoms with van der Waals surface area (Å²) in [5.41, 5.74) is 15.4. The second-order valence-electron chi connectivity index (χ2n) is 3.88. The highest BCUT2D eigenvalue weighted by molar-refractivity contribution is 5.69. The van der Waals surface area contributed by atoms with Crippen molar-refractivity contribution in [1.29, 1.82) is 0 Å². The summed E-state index contributed by atoms with van der Waals surface area (Å²) in [4.78, 5) is 28.2. The second-order valence-corrected chi connectivity index (χ2v) is 3.88. The molecule has 0 spiro atoms. The van der Waals surface area contributed by atoms with Crippen molar-refractivity contribution < 1.29 is 19.1 Å². The maximum absolute atomic E-state index is 9.77. The summed E-state index contributed by atoms with van der Waals surface area (Å²) in [5.74, 6) is 0.822. The van der Waals surface area contributed by atoms with Crippen LogP contribution in [0.25, 0.3) is 0 Å². The molecule has 0 atom stereocenters. The summed E-state index contributed by atoms with van der Waals surface area (Å²) in [6.45, 7) is 2.00. The molecule has 2 aromatic heterocycles. The first kappa shape index (κ1) is 21.0. The Kier molecular flexibility index (Phi) is 10.6. The Balaban J connectivity index is 0.000000332. The van der Waals surface area contributed by atoms with E-state index in [1.165, 1.54) is 6.26 Å². The molecule has 0 amide bonds. The summed E-state index contributed by atoms with van der Waals surface area (Å²) < 4.78 is 4.61. The van der Waals surface area contributed by atoms with Crippen molar-refractivity contribution in [2.75, 3.05) is 17.2 Å². The number of nitrogens with zero attached hydrogens (tertiary/aromatic N) is 3. The van der Waals surface area contributed by atoms with Crippen molar-refractivity contribution in [2.45, 2.75) is 0 Å². The predicted molar refractivity (Wildman–Crippen MR) is 92.4 cm³/mol. The number of phenols is 1. The fraction of sp³-hybridized carbons (Fsp3) is 0. The number of anilines is 3. The number of nitrogen functional groups attached to an aromatic ring is 3. The molecule has 25 heavy (non-hydrogen) atoms. The maximum atomic E-state index is 9.77. The Labute approximate surface area is 143 Å². The molecule has 0 fully saturated rings. The molecule has 10 nitrogen and oxygen atoms in total. The van der Waals surface area contributed by atoms with Crippen molar-refractivity contribution in [3.8, 4) is 5.75 Å². The lowest BCUT2D eigenvalue weighted by Gasteiger charge is -1.93. The van der Waals surface area contributed by atoms with Gasteiger partial charge in [-0.2, -0.15) is 15.0 Å². The van der Waals surface area contributed by atoms with Gasteiger partial charge in [-0.25, -0.2) is 0 Å². The van der Waals surface area contributed by atoms with Gasteiger partial charge in [-0.15, -0.1) is 0 Å². The molecule has 1 aromatic carbocycles. The molecule has 0 aliphatic rings. The topological polar surface area (TPSA) is 184 Å². The predicted octanol–water partition coefficient (Wildman–Crippen LogP) is 0.918. The molecule has 132 valence electrons. The molecule has 7 N–H and O–H groups in total. The van der Waals surface area contributed by atoms with Crippen LogP contribution < -0.4 is 17.2 Å². The van der Waals surface area contributed by atoms with Crippen LogP contribution in [0.2, 0.25) is 0 Å². The minimum atomic E-state index is 0.0417. The highest BCUT2D eigenvalue weighted by atomic mass is 16.3. The number of para-hydroxylation sites is 1. The Hall–Kier alpha value is -3.95. The highest BCUT2D eigenvalue weighted by Gasteiger charge is 1.93. The van der Waals surface area contributed by atoms with Crippen molar-refractivity contribution >= 4 is 30.9 Å².